The quantitative estimate of drug-likeness (QED) is 0.622. The minimum Gasteiger partial charge on any atom is -0.450 e. The van der Waals surface area contributed by atoms with E-state index in [2.05, 4.69) is 32.8 Å². The highest BCUT2D eigenvalue weighted by molar-refractivity contribution is 5.84. The summed E-state index contributed by atoms with van der Waals surface area (Å²) in [5, 5.41) is 5.42. The molecule has 1 aliphatic rings. The molecular weight excluding hydrogens is 396 g/mol. The van der Waals surface area contributed by atoms with Gasteiger partial charge in [-0.15, -0.1) is 0 Å². The van der Waals surface area contributed by atoms with Crippen LogP contribution in [0.15, 0.2) is 30.3 Å². The van der Waals surface area contributed by atoms with Crippen molar-refractivity contribution in [3.63, 3.8) is 0 Å². The number of hydrogen-bond acceptors (Lipinski definition) is 8. The third kappa shape index (κ3) is 4.69. The van der Waals surface area contributed by atoms with Crippen molar-refractivity contribution in [3.05, 3.63) is 41.7 Å². The number of hydrogen-bond donors (Lipinski definition) is 2. The molecule has 164 valence electrons. The molecule has 0 atom stereocenters. The smallest absolute Gasteiger partial charge is 0.409 e. The summed E-state index contributed by atoms with van der Waals surface area (Å²) in [5.41, 5.74) is 5.95. The van der Waals surface area contributed by atoms with Crippen molar-refractivity contribution in [2.75, 3.05) is 43.5 Å². The first-order chi connectivity index (χ1) is 15.0. The molecule has 1 amide bonds. The monoisotopic (exact) mass is 424 g/mol. The summed E-state index contributed by atoms with van der Waals surface area (Å²) in [6, 6.07) is 10.2. The van der Waals surface area contributed by atoms with E-state index in [1.54, 1.807) is 4.90 Å². The summed E-state index contributed by atoms with van der Waals surface area (Å²) in [6.07, 6.45) is -0.266. The fourth-order valence-corrected chi connectivity index (χ4v) is 3.48. The van der Waals surface area contributed by atoms with Crippen molar-refractivity contribution in [3.8, 4) is 0 Å². The van der Waals surface area contributed by atoms with Gasteiger partial charge in [-0.05, 0) is 19.4 Å². The summed E-state index contributed by atoms with van der Waals surface area (Å²) in [4.78, 5) is 27.6. The first kappa shape index (κ1) is 20.9. The molecule has 2 aromatic heterocycles. The minimum atomic E-state index is -0.266. The average Bonchev–Trinajstić information content (AvgIpc) is 3.07. The van der Waals surface area contributed by atoms with E-state index in [0.717, 1.165) is 22.6 Å². The van der Waals surface area contributed by atoms with E-state index in [4.69, 9.17) is 9.72 Å². The Hall–Kier alpha value is -3.40. The zero-order chi connectivity index (χ0) is 21.8. The molecule has 10 heteroatoms. The van der Waals surface area contributed by atoms with Gasteiger partial charge < -0.3 is 19.5 Å². The molecular formula is C21H28N8O2. The summed E-state index contributed by atoms with van der Waals surface area (Å²) >= 11 is 0. The molecule has 1 fully saturated rings. The molecule has 0 saturated carbocycles. The molecule has 1 aromatic carbocycles. The lowest BCUT2D eigenvalue weighted by molar-refractivity contribution is 0.0851. The molecule has 0 radical (unpaired) electrons. The average molecular weight is 425 g/mol. The van der Waals surface area contributed by atoms with Crippen molar-refractivity contribution in [2.24, 2.45) is 7.05 Å². The van der Waals surface area contributed by atoms with Crippen molar-refractivity contribution in [1.82, 2.24) is 29.4 Å². The Balaban J connectivity index is 1.50. The molecule has 0 unspecified atom stereocenters. The topological polar surface area (TPSA) is 100 Å². The van der Waals surface area contributed by atoms with Crippen LogP contribution < -0.4 is 10.7 Å². The van der Waals surface area contributed by atoms with E-state index in [0.29, 0.717) is 51.1 Å². The fraction of sp³-hybridized carbons (Fsp3) is 0.429. The number of amides is 1. The van der Waals surface area contributed by atoms with Crippen molar-refractivity contribution >= 4 is 29.0 Å². The third-order valence-electron chi connectivity index (χ3n) is 5.31. The molecule has 2 N–H and O–H groups in total. The number of ether oxygens (including phenoxy) is 1. The molecule has 1 saturated heterocycles. The number of nitrogens with one attached hydrogen (secondary N) is 2. The van der Waals surface area contributed by atoms with Crippen LogP contribution >= 0.6 is 0 Å². The predicted molar refractivity (Wildman–Crippen MR) is 119 cm³/mol. The number of carbonyl (C=O) groups excluding carboxylic acids is 1. The van der Waals surface area contributed by atoms with Gasteiger partial charge in [0.1, 0.15) is 5.82 Å². The van der Waals surface area contributed by atoms with Crippen LogP contribution in [0.4, 0.5) is 16.6 Å². The third-order valence-corrected chi connectivity index (χ3v) is 5.31. The Morgan fingerprint density at radius 3 is 2.55 bits per heavy atom. The van der Waals surface area contributed by atoms with Crippen LogP contribution in [0.25, 0.3) is 11.2 Å². The number of nitrogens with zero attached hydrogens (tertiary/aromatic N) is 6. The van der Waals surface area contributed by atoms with E-state index in [9.17, 15) is 4.79 Å². The van der Waals surface area contributed by atoms with E-state index in [1.165, 1.54) is 0 Å². The number of anilines is 2. The fourth-order valence-electron chi connectivity index (χ4n) is 3.48. The SMILES string of the molecule is CCOC(=O)N1CCN(Nc2nc(NCc3ccccc3)c3nc(C)n(C)c3n2)CC1. The maximum absolute atomic E-state index is 11.9. The van der Waals surface area contributed by atoms with E-state index >= 15 is 0 Å². The normalized spacial score (nSPS) is 14.6. The Labute approximate surface area is 181 Å². The standard InChI is InChI=1S/C21H28N8O2/c1-4-31-21(30)28-10-12-29(13-11-28)26-20-24-18(22-14-16-8-6-5-7-9-16)17-19(25-20)27(3)15(2)23-17/h5-9H,4,10-14H2,1-3H3,(H2,22,24,25,26). The van der Waals surface area contributed by atoms with E-state index in [1.807, 2.05) is 48.7 Å². The summed E-state index contributed by atoms with van der Waals surface area (Å²) in [7, 11) is 1.94. The van der Waals surface area contributed by atoms with Crippen molar-refractivity contribution < 1.29 is 9.53 Å². The van der Waals surface area contributed by atoms with Gasteiger partial charge in [-0.2, -0.15) is 9.97 Å². The highest BCUT2D eigenvalue weighted by atomic mass is 16.6. The summed E-state index contributed by atoms with van der Waals surface area (Å²) in [5.74, 6) is 2.05. The number of rotatable bonds is 6. The second kappa shape index (κ2) is 9.17. The Morgan fingerprint density at radius 1 is 1.10 bits per heavy atom. The number of fused-ring (bicyclic) bond motifs is 1. The van der Waals surface area contributed by atoms with Gasteiger partial charge in [0, 0.05) is 39.8 Å². The van der Waals surface area contributed by atoms with Gasteiger partial charge >= 0.3 is 6.09 Å². The zero-order valence-electron chi connectivity index (χ0n) is 18.1. The molecule has 0 spiro atoms. The molecule has 4 rings (SSSR count). The maximum Gasteiger partial charge on any atom is 0.409 e. The largest absolute Gasteiger partial charge is 0.450 e. The minimum absolute atomic E-state index is 0.266. The molecule has 1 aliphatic heterocycles. The Morgan fingerprint density at radius 2 is 1.84 bits per heavy atom. The molecule has 3 aromatic rings. The number of aromatic nitrogens is 4. The number of imidazole rings is 1. The molecule has 3 heterocycles. The number of hydrazine groups is 1. The van der Waals surface area contributed by atoms with Crippen LogP contribution in [0.5, 0.6) is 0 Å². The van der Waals surface area contributed by atoms with Crippen LogP contribution in [-0.4, -0.2) is 68.3 Å². The predicted octanol–water partition coefficient (Wildman–Crippen LogP) is 2.38. The molecule has 0 bridgehead atoms. The number of piperazine rings is 1. The number of benzene rings is 1. The van der Waals surface area contributed by atoms with Gasteiger partial charge in [0.05, 0.1) is 6.61 Å². The Bertz CT molecular complexity index is 1040. The zero-order valence-corrected chi connectivity index (χ0v) is 18.1. The lowest BCUT2D eigenvalue weighted by Gasteiger charge is -2.33. The number of carbonyl (C=O) groups is 1. The lowest BCUT2D eigenvalue weighted by Crippen LogP contribution is -2.50. The van der Waals surface area contributed by atoms with Crippen molar-refractivity contribution in [1.29, 1.82) is 0 Å². The summed E-state index contributed by atoms with van der Waals surface area (Å²) < 4.78 is 7.04. The highest BCUT2D eigenvalue weighted by Crippen LogP contribution is 2.23. The second-order valence-corrected chi connectivity index (χ2v) is 7.41. The Kier molecular flexibility index (Phi) is 6.17. The van der Waals surface area contributed by atoms with Gasteiger partial charge in [0.25, 0.3) is 0 Å². The van der Waals surface area contributed by atoms with Crippen LogP contribution in [0, 0.1) is 6.92 Å². The first-order valence-electron chi connectivity index (χ1n) is 10.5. The van der Waals surface area contributed by atoms with Gasteiger partial charge in [-0.3, -0.25) is 5.43 Å². The van der Waals surface area contributed by atoms with Crippen LogP contribution in [-0.2, 0) is 18.3 Å². The maximum atomic E-state index is 11.9. The van der Waals surface area contributed by atoms with Crippen LogP contribution in [0.2, 0.25) is 0 Å². The van der Waals surface area contributed by atoms with Gasteiger partial charge in [0.2, 0.25) is 5.95 Å². The van der Waals surface area contributed by atoms with Gasteiger partial charge in [-0.25, -0.2) is 14.8 Å². The lowest BCUT2D eigenvalue weighted by atomic mass is 10.2. The van der Waals surface area contributed by atoms with Gasteiger partial charge in [0.15, 0.2) is 17.0 Å². The summed E-state index contributed by atoms with van der Waals surface area (Å²) in [6.45, 7) is 7.25. The van der Waals surface area contributed by atoms with E-state index in [-0.39, 0.29) is 6.09 Å². The molecule has 31 heavy (non-hydrogen) atoms. The molecule has 10 nitrogen and oxygen atoms in total. The van der Waals surface area contributed by atoms with Crippen molar-refractivity contribution in [2.45, 2.75) is 20.4 Å². The van der Waals surface area contributed by atoms with Gasteiger partial charge in [-0.1, -0.05) is 30.3 Å². The van der Waals surface area contributed by atoms with Crippen LogP contribution in [0.3, 0.4) is 0 Å². The van der Waals surface area contributed by atoms with Crippen LogP contribution in [0.1, 0.15) is 18.3 Å². The second-order valence-electron chi connectivity index (χ2n) is 7.41. The first-order valence-corrected chi connectivity index (χ1v) is 10.5. The van der Waals surface area contributed by atoms with E-state index < -0.39 is 0 Å². The number of aryl methyl sites for hydroxylation is 2. The molecule has 0 aliphatic carbocycles. The highest BCUT2D eigenvalue weighted by Gasteiger charge is 2.23.